The molecule has 1 aromatic heterocycles. The Morgan fingerprint density at radius 1 is 1.00 bits per heavy atom. The molecule has 1 aromatic rings. The maximum Gasteiger partial charge on any atom is 0.335 e. The third-order valence-corrected chi connectivity index (χ3v) is 1.40. The first-order valence-corrected chi connectivity index (χ1v) is 2.90. The zero-order valence-electron chi connectivity index (χ0n) is 6.12. The average Bonchev–Trinajstić information content (AvgIpc) is 1.97. The number of aromatic nitrogens is 3. The highest BCUT2D eigenvalue weighted by Gasteiger charge is 1.99. The monoisotopic (exact) mass is 157 g/mol. The van der Waals surface area contributed by atoms with Crippen molar-refractivity contribution >= 4 is 0 Å². The number of hydrogen-bond donors (Lipinski definition) is 1. The first-order chi connectivity index (χ1) is 5.04. The molecule has 0 saturated carbocycles. The number of nitrogens with one attached hydrogen (secondary N) is 1. The van der Waals surface area contributed by atoms with E-state index >= 15 is 0 Å². The summed E-state index contributed by atoms with van der Waals surface area (Å²) in [5.74, 6) is 0. The van der Waals surface area contributed by atoms with E-state index in [0.717, 1.165) is 9.13 Å². The lowest BCUT2D eigenvalue weighted by molar-refractivity contribution is 0.619. The zero-order chi connectivity index (χ0) is 8.59. The summed E-state index contributed by atoms with van der Waals surface area (Å²) in [7, 11) is 2.58. The van der Waals surface area contributed by atoms with Gasteiger partial charge >= 0.3 is 17.1 Å². The Labute approximate surface area is 60.7 Å². The van der Waals surface area contributed by atoms with Gasteiger partial charge in [0.1, 0.15) is 0 Å². The van der Waals surface area contributed by atoms with Crippen molar-refractivity contribution < 1.29 is 0 Å². The highest BCUT2D eigenvalue weighted by molar-refractivity contribution is 4.69. The van der Waals surface area contributed by atoms with Gasteiger partial charge in [0.15, 0.2) is 0 Å². The van der Waals surface area contributed by atoms with Crippen LogP contribution in [0, 0.1) is 0 Å². The molecule has 1 rings (SSSR count). The quantitative estimate of drug-likeness (QED) is 0.463. The van der Waals surface area contributed by atoms with Crippen molar-refractivity contribution in [1.82, 2.24) is 14.1 Å². The van der Waals surface area contributed by atoms with Crippen molar-refractivity contribution in [3.05, 3.63) is 31.5 Å². The molecule has 0 atom stereocenters. The summed E-state index contributed by atoms with van der Waals surface area (Å²) in [6, 6.07) is 0. The average molecular weight is 157 g/mol. The normalized spacial score (nSPS) is 10.0. The van der Waals surface area contributed by atoms with Gasteiger partial charge < -0.3 is 0 Å². The summed E-state index contributed by atoms with van der Waals surface area (Å²) in [6.07, 6.45) is 0. The molecule has 0 spiro atoms. The molecule has 0 fully saturated rings. The second kappa shape index (κ2) is 2.22. The van der Waals surface area contributed by atoms with Gasteiger partial charge in [0.05, 0.1) is 0 Å². The van der Waals surface area contributed by atoms with Crippen LogP contribution < -0.4 is 17.1 Å². The van der Waals surface area contributed by atoms with Crippen molar-refractivity contribution in [1.29, 1.82) is 0 Å². The van der Waals surface area contributed by atoms with Crippen LogP contribution in [0.3, 0.4) is 0 Å². The van der Waals surface area contributed by atoms with E-state index in [1.807, 2.05) is 4.98 Å². The van der Waals surface area contributed by atoms with E-state index in [9.17, 15) is 14.4 Å². The number of aromatic amines is 1. The van der Waals surface area contributed by atoms with Crippen LogP contribution in [0.15, 0.2) is 14.4 Å². The molecule has 1 N–H and O–H groups in total. The number of H-pyrrole nitrogens is 1. The molecule has 0 saturated heterocycles. The summed E-state index contributed by atoms with van der Waals surface area (Å²) in [4.78, 5) is 34.3. The van der Waals surface area contributed by atoms with Crippen LogP contribution in [-0.4, -0.2) is 14.1 Å². The molecular formula is C5H7N3O3. The first-order valence-electron chi connectivity index (χ1n) is 2.90. The second-order valence-electron chi connectivity index (χ2n) is 2.14. The van der Waals surface area contributed by atoms with E-state index in [1.54, 1.807) is 0 Å². The summed E-state index contributed by atoms with van der Waals surface area (Å²) < 4.78 is 1.64. The lowest BCUT2D eigenvalue weighted by Gasteiger charge is -1.96. The van der Waals surface area contributed by atoms with Crippen LogP contribution >= 0.6 is 0 Å². The van der Waals surface area contributed by atoms with Gasteiger partial charge in [-0.2, -0.15) is 0 Å². The largest absolute Gasteiger partial charge is 0.335 e. The Kier molecular flexibility index (Phi) is 1.52. The standard InChI is InChI=1S/C5H7N3O3/c1-7-3(9)6-4(10)8(2)5(7)11/h1-2H3,(H,6,9,10). The van der Waals surface area contributed by atoms with E-state index in [4.69, 9.17) is 0 Å². The number of nitrogens with zero attached hydrogens (tertiary/aromatic N) is 2. The number of rotatable bonds is 0. The van der Waals surface area contributed by atoms with Gasteiger partial charge in [-0.1, -0.05) is 0 Å². The summed E-state index contributed by atoms with van der Waals surface area (Å²) in [5, 5.41) is 0. The molecule has 0 amide bonds. The lowest BCUT2D eigenvalue weighted by atomic mass is 10.9. The molecule has 0 aliphatic carbocycles. The minimum absolute atomic E-state index is 0.626. The molecule has 0 aromatic carbocycles. The van der Waals surface area contributed by atoms with Gasteiger partial charge in [-0.25, -0.2) is 23.5 Å². The van der Waals surface area contributed by atoms with E-state index < -0.39 is 17.1 Å². The Morgan fingerprint density at radius 2 is 1.36 bits per heavy atom. The molecule has 0 unspecified atom stereocenters. The molecule has 6 heteroatoms. The van der Waals surface area contributed by atoms with Crippen molar-refractivity contribution in [2.45, 2.75) is 0 Å². The van der Waals surface area contributed by atoms with Gasteiger partial charge in [0.2, 0.25) is 0 Å². The Hall–Kier alpha value is -1.59. The fraction of sp³-hybridized carbons (Fsp3) is 0.400. The molecule has 0 aliphatic rings. The van der Waals surface area contributed by atoms with Crippen LogP contribution in [0.25, 0.3) is 0 Å². The SMILES string of the molecule is Cn1c(=O)[nH]c(=O)n(C)c1=O. The van der Waals surface area contributed by atoms with Gasteiger partial charge in [-0.15, -0.1) is 0 Å². The Bertz CT molecular complexity index is 398. The maximum absolute atomic E-state index is 10.9. The molecule has 6 nitrogen and oxygen atoms in total. The molecule has 0 bridgehead atoms. The predicted molar refractivity (Wildman–Crippen MR) is 37.5 cm³/mol. The topological polar surface area (TPSA) is 76.9 Å². The van der Waals surface area contributed by atoms with Gasteiger partial charge in [-0.05, 0) is 0 Å². The van der Waals surface area contributed by atoms with Crippen molar-refractivity contribution in [2.24, 2.45) is 14.1 Å². The molecule has 0 radical (unpaired) electrons. The highest BCUT2D eigenvalue weighted by atomic mass is 16.2. The third kappa shape index (κ3) is 1.02. The predicted octanol–water partition coefficient (Wildman–Crippen LogP) is -2.23. The molecular weight excluding hydrogens is 150 g/mol. The van der Waals surface area contributed by atoms with Crippen LogP contribution in [0.5, 0.6) is 0 Å². The van der Waals surface area contributed by atoms with Gasteiger partial charge in [0, 0.05) is 14.1 Å². The van der Waals surface area contributed by atoms with Crippen LogP contribution in [-0.2, 0) is 14.1 Å². The maximum atomic E-state index is 10.9. The van der Waals surface area contributed by atoms with Crippen molar-refractivity contribution in [3.63, 3.8) is 0 Å². The fourth-order valence-electron chi connectivity index (χ4n) is 0.658. The van der Waals surface area contributed by atoms with Crippen LogP contribution in [0.4, 0.5) is 0 Å². The second-order valence-corrected chi connectivity index (χ2v) is 2.14. The lowest BCUT2D eigenvalue weighted by Crippen LogP contribution is -2.46. The Balaban J connectivity index is 3.89. The molecule has 0 aliphatic heterocycles. The Morgan fingerprint density at radius 3 is 1.73 bits per heavy atom. The van der Waals surface area contributed by atoms with E-state index in [2.05, 4.69) is 0 Å². The highest BCUT2D eigenvalue weighted by Crippen LogP contribution is 1.52. The number of hydrogen-bond acceptors (Lipinski definition) is 3. The first kappa shape index (κ1) is 7.52. The van der Waals surface area contributed by atoms with Crippen molar-refractivity contribution in [2.75, 3.05) is 0 Å². The minimum atomic E-state index is -0.696. The molecule has 11 heavy (non-hydrogen) atoms. The van der Waals surface area contributed by atoms with E-state index in [1.165, 1.54) is 14.1 Å². The van der Waals surface area contributed by atoms with Crippen molar-refractivity contribution in [3.8, 4) is 0 Å². The smallest absolute Gasteiger partial charge is 0.259 e. The van der Waals surface area contributed by atoms with E-state index in [-0.39, 0.29) is 0 Å². The van der Waals surface area contributed by atoms with Gasteiger partial charge in [0.25, 0.3) is 0 Å². The molecule has 60 valence electrons. The third-order valence-electron chi connectivity index (χ3n) is 1.40. The summed E-state index contributed by atoms with van der Waals surface area (Å²) in [6.45, 7) is 0. The summed E-state index contributed by atoms with van der Waals surface area (Å²) >= 11 is 0. The fourth-order valence-corrected chi connectivity index (χ4v) is 0.658. The van der Waals surface area contributed by atoms with Crippen LogP contribution in [0.1, 0.15) is 0 Å². The minimum Gasteiger partial charge on any atom is -0.259 e. The van der Waals surface area contributed by atoms with E-state index in [0.29, 0.717) is 0 Å². The molecule has 1 heterocycles. The van der Waals surface area contributed by atoms with Gasteiger partial charge in [-0.3, -0.25) is 4.98 Å². The zero-order valence-corrected chi connectivity index (χ0v) is 6.12. The van der Waals surface area contributed by atoms with Crippen LogP contribution in [0.2, 0.25) is 0 Å². The summed E-state index contributed by atoms with van der Waals surface area (Å²) in [5.41, 5.74) is -2.02.